The summed E-state index contributed by atoms with van der Waals surface area (Å²) in [4.78, 5) is 34.0. The monoisotopic (exact) mass is 743 g/mol. The fourth-order valence-electron chi connectivity index (χ4n) is 7.85. The van der Waals surface area contributed by atoms with Crippen LogP contribution in [0.1, 0.15) is 115 Å². The van der Waals surface area contributed by atoms with Crippen molar-refractivity contribution in [3.63, 3.8) is 0 Å². The van der Waals surface area contributed by atoms with Gasteiger partial charge in [-0.2, -0.15) is 0 Å². The molecular weight excluding hydrogens is 673 g/mol. The van der Waals surface area contributed by atoms with Gasteiger partial charge in [0.25, 0.3) is 0 Å². The summed E-state index contributed by atoms with van der Waals surface area (Å²) in [5.74, 6) is 0.970. The molecule has 0 saturated carbocycles. The topological polar surface area (TPSA) is 119 Å². The summed E-state index contributed by atoms with van der Waals surface area (Å²) in [5.41, 5.74) is 2.55. The molecule has 2 aliphatic rings. The van der Waals surface area contributed by atoms with E-state index in [1.54, 1.807) is 0 Å². The maximum absolute atomic E-state index is 12.9. The normalized spacial score (nSPS) is 17.1. The van der Waals surface area contributed by atoms with Crippen LogP contribution in [0.4, 0.5) is 0 Å². The lowest BCUT2D eigenvalue weighted by molar-refractivity contribution is -0.122. The molecule has 2 aromatic carbocycles. The zero-order chi connectivity index (χ0) is 38.4. The van der Waals surface area contributed by atoms with E-state index >= 15 is 0 Å². The second kappa shape index (κ2) is 24.4. The van der Waals surface area contributed by atoms with Gasteiger partial charge >= 0.3 is 0 Å². The number of unbranched alkanes of at least 4 members (excludes halogenated alkanes) is 11. The lowest BCUT2D eigenvalue weighted by atomic mass is 10.1. The van der Waals surface area contributed by atoms with Crippen molar-refractivity contribution in [1.82, 2.24) is 30.2 Å². The Balaban J connectivity index is 1.06. The molecule has 0 radical (unpaired) electrons. The number of nitrogens with one attached hydrogen (secondary N) is 4. The smallest absolute Gasteiger partial charge is 0.239 e. The van der Waals surface area contributed by atoms with Crippen molar-refractivity contribution in [1.29, 1.82) is 10.8 Å². The van der Waals surface area contributed by atoms with Gasteiger partial charge in [-0.25, -0.2) is 0 Å². The van der Waals surface area contributed by atoms with Crippen molar-refractivity contribution in [2.24, 2.45) is 0 Å². The zero-order valence-electron chi connectivity index (χ0n) is 33.5. The number of hydrogen-bond acceptors (Lipinski definition) is 4. The van der Waals surface area contributed by atoms with Gasteiger partial charge in [0.1, 0.15) is 0 Å². The molecule has 0 unspecified atom stereocenters. The number of rotatable bonds is 27. The van der Waals surface area contributed by atoms with Crippen LogP contribution in [0, 0.1) is 10.8 Å². The summed E-state index contributed by atoms with van der Waals surface area (Å²) in [6.07, 6.45) is 17.4. The molecule has 2 fully saturated rings. The highest BCUT2D eigenvalue weighted by atomic mass is 16.2. The SMILES string of the molecule is CCCCCCN1C(=N)N(CC(=O)NCCCCCCCCNC(=O)CN2C[C@H](Cc3ccccc3)N(CCCCCC)C2=N)C[C@@H]1Cc1ccccc1. The quantitative estimate of drug-likeness (QED) is 0.0730. The number of nitrogens with zero attached hydrogens (tertiary/aromatic N) is 4. The van der Waals surface area contributed by atoms with E-state index in [0.717, 1.165) is 77.3 Å². The number of hydrogen-bond donors (Lipinski definition) is 4. The highest BCUT2D eigenvalue weighted by Crippen LogP contribution is 2.22. The fraction of sp³-hybridized carbons (Fsp3) is 0.636. The van der Waals surface area contributed by atoms with Crippen LogP contribution in [-0.2, 0) is 22.4 Å². The van der Waals surface area contributed by atoms with Crippen molar-refractivity contribution in [2.75, 3.05) is 52.4 Å². The summed E-state index contributed by atoms with van der Waals surface area (Å²) >= 11 is 0. The van der Waals surface area contributed by atoms with Gasteiger partial charge in [-0.3, -0.25) is 20.4 Å². The molecule has 2 atom stereocenters. The van der Waals surface area contributed by atoms with Crippen LogP contribution in [0.15, 0.2) is 60.7 Å². The average molecular weight is 743 g/mol. The fourth-order valence-corrected chi connectivity index (χ4v) is 7.85. The van der Waals surface area contributed by atoms with Gasteiger partial charge < -0.3 is 30.2 Å². The van der Waals surface area contributed by atoms with E-state index in [1.165, 1.54) is 49.7 Å². The number of carbonyl (C=O) groups excluding carboxylic acids is 2. The molecule has 2 amide bonds. The highest BCUT2D eigenvalue weighted by Gasteiger charge is 2.36. The van der Waals surface area contributed by atoms with Gasteiger partial charge in [0.05, 0.1) is 25.2 Å². The number of amides is 2. The van der Waals surface area contributed by atoms with Crippen LogP contribution in [0.3, 0.4) is 0 Å². The number of guanidine groups is 2. The van der Waals surface area contributed by atoms with Crippen molar-refractivity contribution in [2.45, 2.75) is 129 Å². The Hall–Kier alpha value is -4.08. The van der Waals surface area contributed by atoms with Crippen LogP contribution in [-0.4, -0.2) is 108 Å². The molecule has 298 valence electrons. The van der Waals surface area contributed by atoms with Crippen LogP contribution >= 0.6 is 0 Å². The maximum Gasteiger partial charge on any atom is 0.239 e. The van der Waals surface area contributed by atoms with E-state index in [-0.39, 0.29) is 37.0 Å². The molecule has 0 spiro atoms. The standard InChI is InChI=1S/C44H70N8O2/c1-3-5-7-21-29-51-39(31-37-23-15-13-16-24-37)33-49(43(51)45)35-41(53)47-27-19-11-9-10-12-20-28-48-42(54)36-50-34-40(32-38-25-17-14-18-26-38)52(44(50)46)30-22-8-6-4-2/h13-18,23-26,39-40,45-46H,3-12,19-22,27-36H2,1-2H3,(H,47,53)(H,48,54)/t39-,40-/m0/s1. The van der Waals surface area contributed by atoms with Gasteiger partial charge in [0, 0.05) is 39.3 Å². The molecule has 0 aliphatic carbocycles. The van der Waals surface area contributed by atoms with E-state index in [9.17, 15) is 9.59 Å². The summed E-state index contributed by atoms with van der Waals surface area (Å²) in [6.45, 7) is 9.42. The van der Waals surface area contributed by atoms with E-state index < -0.39 is 0 Å². The first kappa shape index (κ1) is 42.7. The van der Waals surface area contributed by atoms with Crippen molar-refractivity contribution >= 4 is 23.7 Å². The minimum atomic E-state index is -0.00255. The first-order valence-electron chi connectivity index (χ1n) is 21.2. The zero-order valence-corrected chi connectivity index (χ0v) is 33.5. The highest BCUT2D eigenvalue weighted by molar-refractivity contribution is 5.87. The minimum Gasteiger partial charge on any atom is -0.355 e. The summed E-state index contributed by atoms with van der Waals surface area (Å²) < 4.78 is 0. The first-order chi connectivity index (χ1) is 26.4. The molecule has 2 saturated heterocycles. The minimum absolute atomic E-state index is 0.00255. The van der Waals surface area contributed by atoms with Crippen molar-refractivity contribution in [3.05, 3.63) is 71.8 Å². The number of carbonyl (C=O) groups is 2. The van der Waals surface area contributed by atoms with E-state index in [4.69, 9.17) is 10.8 Å². The first-order valence-corrected chi connectivity index (χ1v) is 21.2. The van der Waals surface area contributed by atoms with Crippen LogP contribution in [0.5, 0.6) is 0 Å². The number of benzene rings is 2. The summed E-state index contributed by atoms with van der Waals surface area (Å²) in [7, 11) is 0. The van der Waals surface area contributed by atoms with Gasteiger partial charge in [0.2, 0.25) is 11.8 Å². The van der Waals surface area contributed by atoms with E-state index in [0.29, 0.717) is 38.1 Å². The Kier molecular flexibility index (Phi) is 19.2. The molecule has 10 heteroatoms. The Bertz CT molecular complexity index is 1280. The Morgan fingerprint density at radius 1 is 0.556 bits per heavy atom. The maximum atomic E-state index is 12.9. The third-order valence-corrected chi connectivity index (χ3v) is 10.9. The molecule has 0 aromatic heterocycles. The molecule has 10 nitrogen and oxygen atoms in total. The third-order valence-electron chi connectivity index (χ3n) is 10.9. The van der Waals surface area contributed by atoms with Crippen LogP contribution < -0.4 is 10.6 Å². The summed E-state index contributed by atoms with van der Waals surface area (Å²) in [6, 6.07) is 21.4. The van der Waals surface area contributed by atoms with Crippen LogP contribution in [0.25, 0.3) is 0 Å². The molecule has 54 heavy (non-hydrogen) atoms. The van der Waals surface area contributed by atoms with Gasteiger partial charge in [-0.15, -0.1) is 0 Å². The molecule has 2 heterocycles. The Morgan fingerprint density at radius 3 is 1.31 bits per heavy atom. The lowest BCUT2D eigenvalue weighted by Crippen LogP contribution is -2.41. The molecule has 4 N–H and O–H groups in total. The summed E-state index contributed by atoms with van der Waals surface area (Å²) in [5, 5.41) is 23.9. The molecule has 4 rings (SSSR count). The van der Waals surface area contributed by atoms with Crippen LogP contribution in [0.2, 0.25) is 0 Å². The molecule has 2 aliphatic heterocycles. The third kappa shape index (κ3) is 14.6. The molecule has 2 aromatic rings. The van der Waals surface area contributed by atoms with Gasteiger partial charge in [-0.1, -0.05) is 139 Å². The predicted molar refractivity (Wildman–Crippen MR) is 222 cm³/mol. The van der Waals surface area contributed by atoms with E-state index in [1.807, 2.05) is 21.9 Å². The molecule has 0 bridgehead atoms. The molecular formula is C44H70N8O2. The Labute approximate surface area is 326 Å². The van der Waals surface area contributed by atoms with Gasteiger partial charge in [0.15, 0.2) is 11.9 Å². The second-order valence-corrected chi connectivity index (χ2v) is 15.4. The van der Waals surface area contributed by atoms with Crippen molar-refractivity contribution < 1.29 is 9.59 Å². The predicted octanol–water partition coefficient (Wildman–Crippen LogP) is 7.05. The van der Waals surface area contributed by atoms with Gasteiger partial charge in [-0.05, 0) is 49.7 Å². The Morgan fingerprint density at radius 2 is 0.926 bits per heavy atom. The van der Waals surface area contributed by atoms with Crippen molar-refractivity contribution in [3.8, 4) is 0 Å². The second-order valence-electron chi connectivity index (χ2n) is 15.4. The largest absolute Gasteiger partial charge is 0.355 e. The lowest BCUT2D eigenvalue weighted by Gasteiger charge is -2.25. The van der Waals surface area contributed by atoms with E-state index in [2.05, 4.69) is 82.8 Å². The average Bonchev–Trinajstić information content (AvgIpc) is 3.62.